The van der Waals surface area contributed by atoms with Crippen molar-refractivity contribution >= 4 is 35.2 Å². The van der Waals surface area contributed by atoms with E-state index in [-0.39, 0.29) is 6.54 Å². The van der Waals surface area contributed by atoms with Crippen molar-refractivity contribution in [3.63, 3.8) is 0 Å². The van der Waals surface area contributed by atoms with Crippen LogP contribution in [0, 0.1) is 13.8 Å². The summed E-state index contributed by atoms with van der Waals surface area (Å²) in [6.07, 6.45) is 2.11. The second-order valence-electron chi connectivity index (χ2n) is 7.11. The van der Waals surface area contributed by atoms with Gasteiger partial charge in [0.1, 0.15) is 0 Å². The average molecular weight is 428 g/mol. The monoisotopic (exact) mass is 427 g/mol. The lowest BCUT2D eigenvalue weighted by Gasteiger charge is -2.14. The summed E-state index contributed by atoms with van der Waals surface area (Å²) in [5, 5.41) is 0.677. The van der Waals surface area contributed by atoms with Gasteiger partial charge in [-0.2, -0.15) is 0 Å². The molecule has 156 valence electrons. The highest BCUT2D eigenvalue weighted by Crippen LogP contribution is 2.20. The van der Waals surface area contributed by atoms with Gasteiger partial charge in [-0.25, -0.2) is 9.69 Å². The maximum Gasteiger partial charge on any atom is 0.334 e. The second-order valence-corrected chi connectivity index (χ2v) is 7.55. The minimum Gasteiger partial charge on any atom is -0.348 e. The Hall–Kier alpha value is -3.19. The van der Waals surface area contributed by atoms with E-state index in [0.717, 1.165) is 28.3 Å². The molecule has 8 heteroatoms. The molecule has 1 aromatic heterocycles. The van der Waals surface area contributed by atoms with Crippen LogP contribution in [0.4, 0.5) is 4.79 Å². The standard InChI is InChI=1S/C22H22ClN3O4/c1-4-10-25-20(28)21(29)26(22(25)30)13-19(27)18-12-14(2)24(15(18)3)11-9-16-5-7-17(23)8-6-16/h4-8,12H,1,9-11,13H2,2-3H3. The van der Waals surface area contributed by atoms with Gasteiger partial charge in [-0.3, -0.25) is 19.3 Å². The van der Waals surface area contributed by atoms with Crippen molar-refractivity contribution in [2.75, 3.05) is 13.1 Å². The van der Waals surface area contributed by atoms with Crippen LogP contribution in [0.1, 0.15) is 27.3 Å². The zero-order valence-electron chi connectivity index (χ0n) is 16.9. The predicted molar refractivity (Wildman–Crippen MR) is 112 cm³/mol. The van der Waals surface area contributed by atoms with E-state index in [4.69, 9.17) is 11.6 Å². The molecule has 0 bridgehead atoms. The summed E-state index contributed by atoms with van der Waals surface area (Å²) >= 11 is 5.92. The number of ketones is 1. The maximum atomic E-state index is 12.8. The Morgan fingerprint density at radius 2 is 1.70 bits per heavy atom. The van der Waals surface area contributed by atoms with Gasteiger partial charge in [0.25, 0.3) is 0 Å². The molecule has 3 rings (SSSR count). The number of imide groups is 2. The smallest absolute Gasteiger partial charge is 0.334 e. The highest BCUT2D eigenvalue weighted by molar-refractivity contribution is 6.45. The number of aryl methyl sites for hydroxylation is 2. The van der Waals surface area contributed by atoms with Gasteiger partial charge in [0.05, 0.1) is 6.54 Å². The van der Waals surface area contributed by atoms with E-state index < -0.39 is 30.2 Å². The molecule has 0 spiro atoms. The Labute approximate surface area is 179 Å². The number of amides is 4. The fraction of sp³-hybridized carbons (Fsp3) is 0.273. The lowest BCUT2D eigenvalue weighted by atomic mass is 10.1. The van der Waals surface area contributed by atoms with Gasteiger partial charge >= 0.3 is 17.8 Å². The summed E-state index contributed by atoms with van der Waals surface area (Å²) in [5.74, 6) is -2.33. The summed E-state index contributed by atoms with van der Waals surface area (Å²) < 4.78 is 2.02. The van der Waals surface area contributed by atoms with Crippen LogP contribution in [-0.4, -0.2) is 51.1 Å². The first-order valence-corrected chi connectivity index (χ1v) is 9.85. The third-order valence-corrected chi connectivity index (χ3v) is 5.41. The number of benzene rings is 1. The first-order chi connectivity index (χ1) is 14.2. The van der Waals surface area contributed by atoms with Crippen LogP contribution >= 0.6 is 11.6 Å². The molecule has 0 unspecified atom stereocenters. The summed E-state index contributed by atoms with van der Waals surface area (Å²) in [7, 11) is 0. The first kappa shape index (κ1) is 21.5. The molecule has 7 nitrogen and oxygen atoms in total. The Kier molecular flexibility index (Phi) is 6.22. The number of aromatic nitrogens is 1. The lowest BCUT2D eigenvalue weighted by Crippen LogP contribution is -2.37. The molecule has 1 aromatic carbocycles. The average Bonchev–Trinajstić information content (AvgIpc) is 3.11. The Morgan fingerprint density at radius 1 is 1.07 bits per heavy atom. The van der Waals surface area contributed by atoms with Crippen molar-refractivity contribution in [3.05, 3.63) is 70.5 Å². The highest BCUT2D eigenvalue weighted by atomic mass is 35.5. The van der Waals surface area contributed by atoms with Crippen molar-refractivity contribution in [1.82, 2.24) is 14.4 Å². The van der Waals surface area contributed by atoms with E-state index in [9.17, 15) is 19.2 Å². The Bertz CT molecular complexity index is 1040. The number of urea groups is 1. The second kappa shape index (κ2) is 8.67. The minimum atomic E-state index is -0.994. The van der Waals surface area contributed by atoms with Crippen LogP contribution in [0.25, 0.3) is 0 Å². The van der Waals surface area contributed by atoms with E-state index in [1.807, 2.05) is 42.7 Å². The van der Waals surface area contributed by atoms with Crippen molar-refractivity contribution in [3.8, 4) is 0 Å². The van der Waals surface area contributed by atoms with Gasteiger partial charge in [-0.15, -0.1) is 6.58 Å². The third-order valence-electron chi connectivity index (χ3n) is 5.16. The molecule has 0 N–H and O–H groups in total. The minimum absolute atomic E-state index is 0.0761. The Morgan fingerprint density at radius 3 is 2.33 bits per heavy atom. The van der Waals surface area contributed by atoms with Crippen molar-refractivity contribution in [2.24, 2.45) is 0 Å². The summed E-state index contributed by atoms with van der Waals surface area (Å²) in [4.78, 5) is 50.7. The van der Waals surface area contributed by atoms with Crippen LogP contribution in [0.3, 0.4) is 0 Å². The van der Waals surface area contributed by atoms with E-state index in [0.29, 0.717) is 22.0 Å². The molecule has 0 aliphatic carbocycles. The molecule has 0 saturated carbocycles. The summed E-state index contributed by atoms with van der Waals surface area (Å²) in [5.41, 5.74) is 3.20. The molecule has 1 aliphatic heterocycles. The number of Topliss-reactive ketones (excluding diaryl/α,β-unsaturated/α-hetero) is 1. The third kappa shape index (κ3) is 4.07. The molecule has 2 aromatic rings. The van der Waals surface area contributed by atoms with Crippen LogP contribution in [0.5, 0.6) is 0 Å². The molecular weight excluding hydrogens is 406 g/mol. The predicted octanol–water partition coefficient (Wildman–Crippen LogP) is 3.16. The van der Waals surface area contributed by atoms with Gasteiger partial charge in [-0.1, -0.05) is 29.8 Å². The molecule has 0 atom stereocenters. The van der Waals surface area contributed by atoms with Crippen LogP contribution < -0.4 is 0 Å². The summed E-state index contributed by atoms with van der Waals surface area (Å²) in [6.45, 7) is 7.30. The molecule has 1 fully saturated rings. The fourth-order valence-corrected chi connectivity index (χ4v) is 3.65. The number of hydrogen-bond donors (Lipinski definition) is 0. The number of nitrogens with zero attached hydrogens (tertiary/aromatic N) is 3. The van der Waals surface area contributed by atoms with Gasteiger partial charge in [-0.05, 0) is 44.0 Å². The van der Waals surface area contributed by atoms with Gasteiger partial charge < -0.3 is 4.57 Å². The number of carbonyl (C=O) groups is 4. The first-order valence-electron chi connectivity index (χ1n) is 9.47. The quantitative estimate of drug-likeness (QED) is 0.280. The molecular formula is C22H22ClN3O4. The lowest BCUT2D eigenvalue weighted by molar-refractivity contribution is -0.142. The van der Waals surface area contributed by atoms with Crippen molar-refractivity contribution in [2.45, 2.75) is 26.8 Å². The molecule has 2 heterocycles. The van der Waals surface area contributed by atoms with Gasteiger partial charge in [0.15, 0.2) is 5.78 Å². The zero-order valence-corrected chi connectivity index (χ0v) is 17.6. The van der Waals surface area contributed by atoms with E-state index >= 15 is 0 Å². The summed E-state index contributed by atoms with van der Waals surface area (Å²) in [6, 6.07) is 8.53. The number of hydrogen-bond acceptors (Lipinski definition) is 4. The van der Waals surface area contributed by atoms with Crippen molar-refractivity contribution < 1.29 is 19.2 Å². The maximum absolute atomic E-state index is 12.8. The zero-order chi connectivity index (χ0) is 22.0. The highest BCUT2D eigenvalue weighted by Gasteiger charge is 2.44. The SMILES string of the molecule is C=CCN1C(=O)C(=O)N(CC(=O)c2cc(C)n(CCc3ccc(Cl)cc3)c2C)C1=O. The largest absolute Gasteiger partial charge is 0.348 e. The number of carbonyl (C=O) groups excluding carboxylic acids is 4. The molecule has 30 heavy (non-hydrogen) atoms. The molecule has 0 radical (unpaired) electrons. The normalized spacial score (nSPS) is 14.0. The van der Waals surface area contributed by atoms with E-state index in [2.05, 4.69) is 6.58 Å². The molecule has 1 saturated heterocycles. The van der Waals surface area contributed by atoms with Crippen LogP contribution in [0.15, 0.2) is 43.0 Å². The van der Waals surface area contributed by atoms with Crippen LogP contribution in [0.2, 0.25) is 5.02 Å². The van der Waals surface area contributed by atoms with Gasteiger partial charge in [0, 0.05) is 35.1 Å². The van der Waals surface area contributed by atoms with Gasteiger partial charge in [0.2, 0.25) is 0 Å². The Balaban J connectivity index is 1.74. The number of halogens is 1. The van der Waals surface area contributed by atoms with E-state index in [1.165, 1.54) is 6.08 Å². The molecule has 1 aliphatic rings. The van der Waals surface area contributed by atoms with Crippen molar-refractivity contribution in [1.29, 1.82) is 0 Å². The van der Waals surface area contributed by atoms with E-state index in [1.54, 1.807) is 6.07 Å². The fourth-order valence-electron chi connectivity index (χ4n) is 3.53. The topological polar surface area (TPSA) is 79.7 Å². The molecule has 4 amide bonds. The number of rotatable bonds is 8. The van der Waals surface area contributed by atoms with Crippen LogP contribution in [-0.2, 0) is 22.6 Å².